The maximum Gasteiger partial charge on any atom is 0.308 e. The van der Waals surface area contributed by atoms with Crippen LogP contribution in [-0.2, 0) is 87.6 Å². The maximum atomic E-state index is 15.1. The third kappa shape index (κ3) is 27.9. The molecule has 0 aliphatic carbocycles. The molecule has 24 heteroatoms. The number of cyclic esters (lactones) is 2. The van der Waals surface area contributed by atoms with E-state index in [2.05, 4.69) is 137 Å². The van der Waals surface area contributed by atoms with Crippen LogP contribution < -0.4 is 0 Å². The Balaban J connectivity index is 2.40. The van der Waals surface area contributed by atoms with Crippen LogP contribution in [0.5, 0.6) is 0 Å². The van der Waals surface area contributed by atoms with Gasteiger partial charge in [0.2, 0.25) is 0 Å². The number of rotatable bonds is 28. The summed E-state index contributed by atoms with van der Waals surface area (Å²) in [7, 11) is -0.0880. The lowest BCUT2D eigenvalue weighted by Gasteiger charge is -2.45. The molecule has 0 fully saturated rings. The number of fused-ring (bicyclic) bond motifs is 4. The van der Waals surface area contributed by atoms with Crippen molar-refractivity contribution < 1.29 is 83.6 Å². The zero-order valence-corrected chi connectivity index (χ0v) is 73.6. The van der Waals surface area contributed by atoms with Crippen molar-refractivity contribution in [2.45, 2.75) is 335 Å². The van der Waals surface area contributed by atoms with E-state index >= 15 is 9.59 Å². The summed E-state index contributed by atoms with van der Waals surface area (Å²) >= 11 is 0. The molecule has 2 aromatic rings. The largest absolute Gasteiger partial charge is 0.462 e. The van der Waals surface area contributed by atoms with E-state index in [-0.39, 0.29) is 48.6 Å². The van der Waals surface area contributed by atoms with Crippen LogP contribution in [0.15, 0.2) is 70.0 Å². The van der Waals surface area contributed by atoms with Crippen LogP contribution in [0.4, 0.5) is 0 Å². The molecule has 0 saturated heterocycles. The second-order valence-corrected chi connectivity index (χ2v) is 52.0. The summed E-state index contributed by atoms with van der Waals surface area (Å²) < 4.78 is 92.2. The van der Waals surface area contributed by atoms with Crippen molar-refractivity contribution in [2.75, 3.05) is 42.7 Å². The van der Waals surface area contributed by atoms with E-state index in [1.807, 2.05) is 62.5 Å². The van der Waals surface area contributed by atoms with Crippen molar-refractivity contribution in [3.8, 4) is 0 Å². The van der Waals surface area contributed by atoms with E-state index in [9.17, 15) is 9.59 Å². The molecule has 0 unspecified atom stereocenters. The number of hydrogen-bond acceptors (Lipinski definition) is 20. The fourth-order valence-corrected chi connectivity index (χ4v) is 21.7. The summed E-state index contributed by atoms with van der Waals surface area (Å²) in [6.45, 7) is 46.7. The molecule has 0 spiro atoms. The van der Waals surface area contributed by atoms with Crippen LogP contribution in [0, 0.1) is 22.7 Å². The first-order valence-corrected chi connectivity index (χ1v) is 49.3. The van der Waals surface area contributed by atoms with Crippen LogP contribution in [0.1, 0.15) is 211 Å². The summed E-state index contributed by atoms with van der Waals surface area (Å²) in [5, 5.41) is -0.380. The van der Waals surface area contributed by atoms with Crippen LogP contribution in [0.25, 0.3) is 0 Å². The van der Waals surface area contributed by atoms with Gasteiger partial charge in [0.1, 0.15) is 60.9 Å². The quantitative estimate of drug-likeness (QED) is 0.0438. The van der Waals surface area contributed by atoms with E-state index in [4.69, 9.17) is 74.4 Å². The summed E-state index contributed by atoms with van der Waals surface area (Å²) in [5.74, 6) is -1.06. The predicted molar refractivity (Wildman–Crippen MR) is 423 cm³/mol. The summed E-state index contributed by atoms with van der Waals surface area (Å²) in [5.41, 5.74) is -0.604. The normalized spacial score (nSPS) is 26.7. The number of methoxy groups -OCH3 is 6. The molecule has 0 aromatic carbocycles. The highest BCUT2D eigenvalue weighted by Gasteiger charge is 2.50. The van der Waals surface area contributed by atoms with Gasteiger partial charge in [0.15, 0.2) is 45.1 Å². The van der Waals surface area contributed by atoms with Gasteiger partial charge in [-0.25, -0.2) is 9.97 Å². The SMILES string of the molecule is CC[Si](CC)(CC)O[C@H]1Cc2nc(co2)[C@@H](OC)C/C=C/C=C/[C@H](OC)C[C@H](O[Si](C)(C)C(C)(C)C)CC(=O)O[C@@H](C[C@H](OC)[C@@H](C)C=O)C(C)(C)[C@@H](O[Si](CC)(CC)CC)Cc2nc(co2)[C@@H](OC)C/C=C/C=C/[C@H](OC)C[C@H](O[Si](C)(C)C(C)(C)C)CC(=O)O[C@@H](C[C@H](OC)[C@@H](C)C=O)C1(C)C. The van der Waals surface area contributed by atoms with Crippen molar-refractivity contribution in [1.29, 1.82) is 0 Å². The lowest BCUT2D eigenvalue weighted by molar-refractivity contribution is -0.168. The molecule has 0 N–H and O–H groups in total. The zero-order chi connectivity index (χ0) is 78.7. The summed E-state index contributed by atoms with van der Waals surface area (Å²) in [6.07, 6.45) is 16.1. The van der Waals surface area contributed by atoms with Gasteiger partial charge in [0, 0.05) is 104 Å². The van der Waals surface area contributed by atoms with Gasteiger partial charge in [-0.1, -0.05) is 173 Å². The minimum atomic E-state index is -2.51. The van der Waals surface area contributed by atoms with E-state index in [1.54, 1.807) is 55.2 Å². The summed E-state index contributed by atoms with van der Waals surface area (Å²) in [6, 6.07) is 5.16. The van der Waals surface area contributed by atoms with Gasteiger partial charge in [-0.3, -0.25) is 9.59 Å². The van der Waals surface area contributed by atoms with Gasteiger partial charge in [0.25, 0.3) is 0 Å². The molecule has 596 valence electrons. The van der Waals surface area contributed by atoms with E-state index in [0.29, 0.717) is 48.9 Å². The molecular formula is C80H142N2O18Si4. The molecule has 1 aliphatic heterocycles. The fraction of sp³-hybridized carbons (Fsp3) is 0.775. The highest BCUT2D eigenvalue weighted by Crippen LogP contribution is 2.44. The first-order valence-electron chi connectivity index (χ1n) is 38.4. The van der Waals surface area contributed by atoms with Crippen molar-refractivity contribution in [3.63, 3.8) is 0 Å². The molecular weight excluding hydrogens is 1390 g/mol. The molecule has 0 saturated carbocycles. The standard InChI is InChI=1S/C80H142N2O18Si4/c1-29-103(30-2,31-3)99-71-51-73-81-63(55-93-73)65(89-21)43-39-35-37-42-60(88-20)46-62(98-102(27,28)78(12,13)14)48-76(86)96-70(50-68(92-24)58(8)54-84)80(17,18)72(100-104(32-4,33-5)34-6)52-74-82-64(56-94-74)66(90-22)44-40-36-38-41-59(87-19)45-61(97-101(25,26)77(9,10)11)47-75(85)95-69(79(71,15)16)49-67(91-23)57(7)53-83/h35-42,53-62,65-72H,29-34,43-52H2,1-28H3/b39-35+,40-36+,41-38+,42-37+/t57-,58-,59-,60-,61-,62-,65-,66-,67-,68-,69-,70-,71-,72-/m0/s1. The van der Waals surface area contributed by atoms with Gasteiger partial charge in [-0.15, -0.1) is 0 Å². The second-order valence-electron chi connectivity index (χ2n) is 33.0. The van der Waals surface area contributed by atoms with Crippen LogP contribution in [0.2, 0.25) is 72.5 Å². The second kappa shape index (κ2) is 43.5. The Morgan fingerprint density at radius 1 is 0.510 bits per heavy atom. The number of carbonyl (C=O) groups is 4. The summed E-state index contributed by atoms with van der Waals surface area (Å²) in [4.78, 5) is 65.4. The minimum absolute atomic E-state index is 0.0701. The molecule has 20 nitrogen and oxygen atoms in total. The Hall–Kier alpha value is -3.87. The molecule has 3 heterocycles. The average Bonchev–Trinajstić information content (AvgIpc) is 1.13. The maximum absolute atomic E-state index is 15.1. The number of aldehydes is 2. The highest BCUT2D eigenvalue weighted by molar-refractivity contribution is 6.75. The Morgan fingerprint density at radius 3 is 1.11 bits per heavy atom. The molecule has 104 heavy (non-hydrogen) atoms. The van der Waals surface area contributed by atoms with E-state index in [0.717, 1.165) is 48.8 Å². The van der Waals surface area contributed by atoms with E-state index < -0.39 is 141 Å². The third-order valence-electron chi connectivity index (χ3n) is 23.5. The zero-order valence-electron chi connectivity index (χ0n) is 69.6. The number of hydrogen-bond donors (Lipinski definition) is 0. The van der Waals surface area contributed by atoms with Gasteiger partial charge in [-0.2, -0.15) is 0 Å². The number of ether oxygens (including phenoxy) is 8. The number of allylic oxidation sites excluding steroid dienone is 4. The van der Waals surface area contributed by atoms with Crippen molar-refractivity contribution in [2.24, 2.45) is 22.7 Å². The molecule has 3 rings (SSSR count). The smallest absolute Gasteiger partial charge is 0.308 e. The molecule has 4 bridgehead atoms. The van der Waals surface area contributed by atoms with Crippen LogP contribution >= 0.6 is 0 Å². The molecule has 1 aliphatic rings. The lowest BCUT2D eigenvalue weighted by Crippen LogP contribution is -2.52. The molecule has 0 radical (unpaired) electrons. The first kappa shape index (κ1) is 94.3. The number of nitrogens with zero attached hydrogens (tertiary/aromatic N) is 2. The van der Waals surface area contributed by atoms with Gasteiger partial charge >= 0.3 is 11.9 Å². The Bertz CT molecular complexity index is 2750. The topological polar surface area (TPSA) is 231 Å². The lowest BCUT2D eigenvalue weighted by atomic mass is 9.76. The molecule has 2 aromatic heterocycles. The van der Waals surface area contributed by atoms with Crippen molar-refractivity contribution in [3.05, 3.63) is 84.3 Å². The van der Waals surface area contributed by atoms with Crippen LogP contribution in [0.3, 0.4) is 0 Å². The molecule has 14 atom stereocenters. The van der Waals surface area contributed by atoms with E-state index in [1.165, 1.54) is 0 Å². The highest BCUT2D eigenvalue weighted by atomic mass is 28.4. The average molecular weight is 1530 g/mol. The fourth-order valence-electron chi connectivity index (χ4n) is 13.0. The van der Waals surface area contributed by atoms with Crippen molar-refractivity contribution >= 4 is 57.8 Å². The van der Waals surface area contributed by atoms with Gasteiger partial charge in [-0.05, 0) is 85.4 Å². The first-order chi connectivity index (χ1) is 48.7. The predicted octanol–water partition coefficient (Wildman–Crippen LogP) is 18.3. The van der Waals surface area contributed by atoms with Crippen LogP contribution in [-0.4, -0.2) is 171 Å². The Labute approximate surface area is 632 Å². The third-order valence-corrected chi connectivity index (χ3v) is 41.8. The number of esters is 2. The monoisotopic (exact) mass is 1530 g/mol. The van der Waals surface area contributed by atoms with Gasteiger partial charge < -0.3 is 74.0 Å². The number of aromatic nitrogens is 2. The number of carbonyl (C=O) groups excluding carboxylic acids is 4. The number of oxazole rings is 2. The molecule has 0 amide bonds. The van der Waals surface area contributed by atoms with Crippen molar-refractivity contribution in [1.82, 2.24) is 9.97 Å². The van der Waals surface area contributed by atoms with Gasteiger partial charge in [0.05, 0.1) is 61.7 Å². The minimum Gasteiger partial charge on any atom is -0.462 e. The Morgan fingerprint density at radius 2 is 0.837 bits per heavy atom. The Kier molecular flexibility index (Phi) is 39.5.